The van der Waals surface area contributed by atoms with Crippen molar-refractivity contribution in [2.45, 2.75) is 59.1 Å². The lowest BCUT2D eigenvalue weighted by molar-refractivity contribution is 0.0293. The molecule has 1 aromatic heterocycles. The normalized spacial score (nSPS) is 16.6. The van der Waals surface area contributed by atoms with E-state index in [1.54, 1.807) is 11.8 Å². The number of rotatable bonds is 7. The first-order valence-electron chi connectivity index (χ1n) is 9.76. The van der Waals surface area contributed by atoms with E-state index in [2.05, 4.69) is 20.6 Å². The molecule has 1 aromatic rings. The van der Waals surface area contributed by atoms with Crippen LogP contribution in [0.25, 0.3) is 0 Å². The average molecular weight is 393 g/mol. The summed E-state index contributed by atoms with van der Waals surface area (Å²) in [4.78, 5) is 34.8. The van der Waals surface area contributed by atoms with Gasteiger partial charge in [-0.25, -0.2) is 14.6 Å². The molecule has 1 fully saturated rings. The smallest absolute Gasteiger partial charge is 0.410 e. The second kappa shape index (κ2) is 9.57. The minimum atomic E-state index is -0.536. The first-order chi connectivity index (χ1) is 13.2. The van der Waals surface area contributed by atoms with Gasteiger partial charge in [-0.15, -0.1) is 0 Å². The third kappa shape index (κ3) is 6.24. The molecule has 1 saturated heterocycles. The molecular formula is C19H31N5O4. The maximum absolute atomic E-state index is 12.3. The van der Waals surface area contributed by atoms with E-state index in [1.807, 2.05) is 27.7 Å². The monoisotopic (exact) mass is 393 g/mol. The fraction of sp³-hybridized carbons (Fsp3) is 0.684. The number of nitrogens with zero attached hydrogens (tertiary/aromatic N) is 3. The lowest BCUT2D eigenvalue weighted by atomic mass is 10.2. The molecule has 9 nitrogen and oxygen atoms in total. The van der Waals surface area contributed by atoms with Crippen LogP contribution in [0.2, 0.25) is 0 Å². The van der Waals surface area contributed by atoms with Crippen LogP contribution >= 0.6 is 0 Å². The molecule has 0 aromatic carbocycles. The Morgan fingerprint density at radius 2 is 2.07 bits per heavy atom. The molecule has 1 atom stereocenters. The number of amides is 1. The lowest BCUT2D eigenvalue weighted by Gasteiger charge is -2.24. The molecule has 0 unspecified atom stereocenters. The zero-order valence-electron chi connectivity index (χ0n) is 17.4. The Labute approximate surface area is 166 Å². The van der Waals surface area contributed by atoms with Crippen molar-refractivity contribution in [3.05, 3.63) is 11.8 Å². The Morgan fingerprint density at radius 1 is 1.32 bits per heavy atom. The van der Waals surface area contributed by atoms with Gasteiger partial charge >= 0.3 is 12.1 Å². The molecular weight excluding hydrogens is 362 g/mol. The molecule has 0 radical (unpaired) electrons. The fourth-order valence-corrected chi connectivity index (χ4v) is 2.74. The SMILES string of the molecule is CCCNc1ncc(C(=O)OCC)c(N[C@H]2CCN(C(=O)OC(C)(C)C)C2)n1. The molecule has 0 aliphatic carbocycles. The van der Waals surface area contributed by atoms with Gasteiger partial charge in [0.05, 0.1) is 6.61 Å². The van der Waals surface area contributed by atoms with Crippen molar-refractivity contribution in [2.24, 2.45) is 0 Å². The molecule has 156 valence electrons. The van der Waals surface area contributed by atoms with Gasteiger partial charge in [-0.1, -0.05) is 6.92 Å². The van der Waals surface area contributed by atoms with Gasteiger partial charge in [-0.2, -0.15) is 4.98 Å². The zero-order valence-corrected chi connectivity index (χ0v) is 17.4. The molecule has 2 rings (SSSR count). The first-order valence-corrected chi connectivity index (χ1v) is 9.76. The van der Waals surface area contributed by atoms with Crippen molar-refractivity contribution < 1.29 is 19.1 Å². The zero-order chi connectivity index (χ0) is 20.7. The van der Waals surface area contributed by atoms with Gasteiger partial charge in [0.15, 0.2) is 0 Å². The summed E-state index contributed by atoms with van der Waals surface area (Å²) in [5.74, 6) is 0.372. The highest BCUT2D eigenvalue weighted by Gasteiger charge is 2.31. The first kappa shape index (κ1) is 21.7. The summed E-state index contributed by atoms with van der Waals surface area (Å²) in [7, 11) is 0. The van der Waals surface area contributed by atoms with Crippen molar-refractivity contribution in [3.63, 3.8) is 0 Å². The third-order valence-electron chi connectivity index (χ3n) is 4.00. The quantitative estimate of drug-likeness (QED) is 0.681. The number of esters is 1. The summed E-state index contributed by atoms with van der Waals surface area (Å²) >= 11 is 0. The van der Waals surface area contributed by atoms with Crippen LogP contribution in [0.5, 0.6) is 0 Å². The maximum Gasteiger partial charge on any atom is 0.410 e. The van der Waals surface area contributed by atoms with Gasteiger partial charge in [-0.3, -0.25) is 0 Å². The largest absolute Gasteiger partial charge is 0.462 e. The summed E-state index contributed by atoms with van der Waals surface area (Å²) < 4.78 is 10.5. The molecule has 2 N–H and O–H groups in total. The number of aromatic nitrogens is 2. The number of nitrogens with one attached hydrogen (secondary N) is 2. The summed E-state index contributed by atoms with van der Waals surface area (Å²) in [5, 5.41) is 6.38. The minimum Gasteiger partial charge on any atom is -0.462 e. The highest BCUT2D eigenvalue weighted by atomic mass is 16.6. The number of likely N-dealkylation sites (tertiary alicyclic amines) is 1. The van der Waals surface area contributed by atoms with Gasteiger partial charge in [0, 0.05) is 31.9 Å². The standard InChI is InChI=1S/C19H31N5O4/c1-6-9-20-17-21-11-14(16(25)27-7-2)15(23-17)22-13-8-10-24(12-13)18(26)28-19(3,4)5/h11,13H,6-10,12H2,1-5H3,(H2,20,21,22,23)/t13-/m0/s1. The third-order valence-corrected chi connectivity index (χ3v) is 4.00. The van der Waals surface area contributed by atoms with Crippen LogP contribution in [0.15, 0.2) is 6.20 Å². The fourth-order valence-electron chi connectivity index (χ4n) is 2.74. The van der Waals surface area contributed by atoms with E-state index in [0.29, 0.717) is 24.9 Å². The van der Waals surface area contributed by atoms with E-state index in [-0.39, 0.29) is 24.3 Å². The number of hydrogen-bond acceptors (Lipinski definition) is 8. The van der Waals surface area contributed by atoms with Crippen LogP contribution in [0.4, 0.5) is 16.6 Å². The summed E-state index contributed by atoms with van der Waals surface area (Å²) in [5.41, 5.74) is -0.258. The van der Waals surface area contributed by atoms with Crippen LogP contribution < -0.4 is 10.6 Å². The van der Waals surface area contributed by atoms with Gasteiger partial charge < -0.3 is 25.0 Å². The molecule has 1 amide bonds. The van der Waals surface area contributed by atoms with Gasteiger partial charge in [0.2, 0.25) is 5.95 Å². The predicted molar refractivity (Wildman–Crippen MR) is 107 cm³/mol. The lowest BCUT2D eigenvalue weighted by Crippen LogP contribution is -2.36. The Bertz CT molecular complexity index is 689. The molecule has 2 heterocycles. The topological polar surface area (TPSA) is 106 Å². The van der Waals surface area contributed by atoms with Gasteiger partial charge in [-0.05, 0) is 40.5 Å². The van der Waals surface area contributed by atoms with Crippen LogP contribution in [-0.2, 0) is 9.47 Å². The van der Waals surface area contributed by atoms with E-state index in [9.17, 15) is 9.59 Å². The molecule has 1 aliphatic rings. The summed E-state index contributed by atoms with van der Waals surface area (Å²) in [6.07, 6.45) is 2.78. The average Bonchev–Trinajstić information content (AvgIpc) is 3.07. The van der Waals surface area contributed by atoms with E-state index in [4.69, 9.17) is 9.47 Å². The van der Waals surface area contributed by atoms with Crippen molar-refractivity contribution in [1.29, 1.82) is 0 Å². The van der Waals surface area contributed by atoms with E-state index in [0.717, 1.165) is 19.4 Å². The molecule has 0 bridgehead atoms. The van der Waals surface area contributed by atoms with Crippen LogP contribution in [0.3, 0.4) is 0 Å². The van der Waals surface area contributed by atoms with Crippen molar-refractivity contribution in [2.75, 3.05) is 36.9 Å². The van der Waals surface area contributed by atoms with Gasteiger partial charge in [0.1, 0.15) is 17.0 Å². The Balaban J connectivity index is 2.10. The number of carbonyl (C=O) groups excluding carboxylic acids is 2. The molecule has 0 saturated carbocycles. The number of carbonyl (C=O) groups is 2. The predicted octanol–water partition coefficient (Wildman–Crippen LogP) is 2.90. The van der Waals surface area contributed by atoms with Crippen molar-refractivity contribution >= 4 is 23.8 Å². The van der Waals surface area contributed by atoms with Crippen LogP contribution in [0, 0.1) is 0 Å². The number of hydrogen-bond donors (Lipinski definition) is 2. The second-order valence-electron chi connectivity index (χ2n) is 7.66. The number of anilines is 2. The minimum absolute atomic E-state index is 0.0466. The number of ether oxygens (including phenoxy) is 2. The molecule has 28 heavy (non-hydrogen) atoms. The van der Waals surface area contributed by atoms with Crippen LogP contribution in [0.1, 0.15) is 57.8 Å². The second-order valence-corrected chi connectivity index (χ2v) is 7.66. The summed E-state index contributed by atoms with van der Waals surface area (Å²) in [6, 6.07) is -0.0466. The van der Waals surface area contributed by atoms with Crippen molar-refractivity contribution in [1.82, 2.24) is 14.9 Å². The van der Waals surface area contributed by atoms with E-state index < -0.39 is 11.6 Å². The maximum atomic E-state index is 12.3. The Hall–Kier alpha value is -2.58. The van der Waals surface area contributed by atoms with Crippen molar-refractivity contribution in [3.8, 4) is 0 Å². The Kier molecular flexibility index (Phi) is 7.42. The van der Waals surface area contributed by atoms with E-state index in [1.165, 1.54) is 6.20 Å². The highest BCUT2D eigenvalue weighted by molar-refractivity contribution is 5.94. The van der Waals surface area contributed by atoms with Gasteiger partial charge in [0.25, 0.3) is 0 Å². The molecule has 1 aliphatic heterocycles. The van der Waals surface area contributed by atoms with E-state index >= 15 is 0 Å². The summed E-state index contributed by atoms with van der Waals surface area (Å²) in [6.45, 7) is 11.4. The molecule has 0 spiro atoms. The Morgan fingerprint density at radius 3 is 2.71 bits per heavy atom. The highest BCUT2D eigenvalue weighted by Crippen LogP contribution is 2.21. The molecule has 9 heteroatoms. The van der Waals surface area contributed by atoms with Crippen LogP contribution in [-0.4, -0.2) is 64.8 Å².